The number of hydrogen-bond acceptors (Lipinski definition) is 6. The molecule has 0 radical (unpaired) electrons. The Morgan fingerprint density at radius 3 is 2.78 bits per heavy atom. The lowest BCUT2D eigenvalue weighted by atomic mass is 9.93. The van der Waals surface area contributed by atoms with E-state index in [-0.39, 0.29) is 11.6 Å². The predicted molar refractivity (Wildman–Crippen MR) is 93.1 cm³/mol. The highest BCUT2D eigenvalue weighted by Crippen LogP contribution is 2.34. The molecular weight excluding hydrogens is 378 g/mol. The lowest BCUT2D eigenvalue weighted by Gasteiger charge is -2.38. The molecular formula is C17H20F2N4O3S. The van der Waals surface area contributed by atoms with E-state index in [1.807, 2.05) is 0 Å². The molecule has 0 amide bonds. The van der Waals surface area contributed by atoms with Crippen LogP contribution in [0.2, 0.25) is 0 Å². The Hall–Kier alpha value is -1.88. The number of nitrogens with zero attached hydrogens (tertiary/aromatic N) is 3. The Kier molecular flexibility index (Phi) is 4.53. The van der Waals surface area contributed by atoms with Crippen LogP contribution in [0.5, 0.6) is 0 Å². The van der Waals surface area contributed by atoms with Gasteiger partial charge in [0.15, 0.2) is 0 Å². The summed E-state index contributed by atoms with van der Waals surface area (Å²) in [5.41, 5.74) is 7.83. The van der Waals surface area contributed by atoms with Gasteiger partial charge in [0.1, 0.15) is 17.7 Å². The second-order valence-electron chi connectivity index (χ2n) is 7.10. The van der Waals surface area contributed by atoms with E-state index in [2.05, 4.69) is 10.00 Å². The van der Waals surface area contributed by atoms with Crippen molar-refractivity contribution >= 4 is 10.0 Å². The number of ether oxygens (including phenoxy) is 1. The van der Waals surface area contributed by atoms with Crippen molar-refractivity contribution in [3.8, 4) is 0 Å². The molecule has 0 aliphatic carbocycles. The Morgan fingerprint density at radius 2 is 2.07 bits per heavy atom. The van der Waals surface area contributed by atoms with Gasteiger partial charge in [0, 0.05) is 36.3 Å². The zero-order valence-corrected chi connectivity index (χ0v) is 15.5. The first-order valence-electron chi connectivity index (χ1n) is 8.56. The molecule has 1 aromatic carbocycles. The van der Waals surface area contributed by atoms with Crippen LogP contribution in [-0.2, 0) is 27.8 Å². The van der Waals surface area contributed by atoms with Crippen molar-refractivity contribution in [3.63, 3.8) is 0 Å². The topological polar surface area (TPSA) is 90.5 Å². The first-order valence-corrected chi connectivity index (χ1v) is 10.4. The molecule has 2 aromatic rings. The van der Waals surface area contributed by atoms with Gasteiger partial charge < -0.3 is 10.5 Å². The number of hydrogen-bond donors (Lipinski definition) is 1. The SMILES string of the molecule is CS(=O)(=O)n1ncc2c1CN([C@H]1CO[C@H](c3cc(F)ccc3F)[C@@H](N)C1)C2. The van der Waals surface area contributed by atoms with Crippen molar-refractivity contribution in [1.29, 1.82) is 0 Å². The molecule has 0 bridgehead atoms. The van der Waals surface area contributed by atoms with Crippen LogP contribution in [0.3, 0.4) is 0 Å². The van der Waals surface area contributed by atoms with Crippen molar-refractivity contribution in [2.75, 3.05) is 12.9 Å². The highest BCUT2D eigenvalue weighted by Gasteiger charge is 2.37. The Morgan fingerprint density at radius 1 is 1.30 bits per heavy atom. The number of fused-ring (bicyclic) bond motifs is 1. The minimum atomic E-state index is -3.46. The van der Waals surface area contributed by atoms with Crippen LogP contribution in [0, 0.1) is 11.6 Å². The minimum absolute atomic E-state index is 0.0479. The van der Waals surface area contributed by atoms with Gasteiger partial charge in [-0.05, 0) is 24.6 Å². The summed E-state index contributed by atoms with van der Waals surface area (Å²) >= 11 is 0. The van der Waals surface area contributed by atoms with E-state index in [0.717, 1.165) is 34.1 Å². The van der Waals surface area contributed by atoms with Gasteiger partial charge in [-0.1, -0.05) is 0 Å². The van der Waals surface area contributed by atoms with E-state index in [1.165, 1.54) is 0 Å². The second kappa shape index (κ2) is 6.62. The van der Waals surface area contributed by atoms with Gasteiger partial charge in [-0.2, -0.15) is 9.19 Å². The van der Waals surface area contributed by atoms with Crippen molar-refractivity contribution in [1.82, 2.24) is 14.1 Å². The lowest BCUT2D eigenvalue weighted by Crippen LogP contribution is -2.47. The summed E-state index contributed by atoms with van der Waals surface area (Å²) in [5, 5.41) is 3.94. The third-order valence-corrected chi connectivity index (χ3v) is 6.09. The fraction of sp³-hybridized carbons (Fsp3) is 0.471. The van der Waals surface area contributed by atoms with Crippen molar-refractivity contribution in [2.24, 2.45) is 5.73 Å². The summed E-state index contributed by atoms with van der Waals surface area (Å²) in [6, 6.07) is 2.69. The Bertz CT molecular complexity index is 979. The summed E-state index contributed by atoms with van der Waals surface area (Å²) in [6.07, 6.45) is 2.48. The van der Waals surface area contributed by atoms with E-state index in [0.29, 0.717) is 31.8 Å². The maximum Gasteiger partial charge on any atom is 0.251 e. The second-order valence-corrected chi connectivity index (χ2v) is 8.91. The molecule has 1 saturated heterocycles. The lowest BCUT2D eigenvalue weighted by molar-refractivity contribution is -0.0533. The first kappa shape index (κ1) is 18.5. The molecule has 4 rings (SSSR count). The Labute approximate surface area is 155 Å². The van der Waals surface area contributed by atoms with Gasteiger partial charge in [-0.15, -0.1) is 0 Å². The molecule has 1 aromatic heterocycles. The van der Waals surface area contributed by atoms with Crippen LogP contribution in [-0.4, -0.2) is 47.4 Å². The molecule has 3 atom stereocenters. The largest absolute Gasteiger partial charge is 0.370 e. The van der Waals surface area contributed by atoms with Gasteiger partial charge in [0.05, 0.1) is 24.8 Å². The van der Waals surface area contributed by atoms with E-state index >= 15 is 0 Å². The van der Waals surface area contributed by atoms with Crippen molar-refractivity contribution < 1.29 is 21.9 Å². The van der Waals surface area contributed by atoms with Gasteiger partial charge in [0.25, 0.3) is 10.0 Å². The molecule has 2 aliphatic rings. The fourth-order valence-electron chi connectivity index (χ4n) is 3.85. The average molecular weight is 398 g/mol. The molecule has 7 nitrogen and oxygen atoms in total. The van der Waals surface area contributed by atoms with E-state index in [1.54, 1.807) is 6.20 Å². The smallest absolute Gasteiger partial charge is 0.251 e. The average Bonchev–Trinajstić information content (AvgIpc) is 3.16. The molecule has 146 valence electrons. The maximum atomic E-state index is 14.0. The van der Waals surface area contributed by atoms with Crippen LogP contribution >= 0.6 is 0 Å². The van der Waals surface area contributed by atoms with Crippen LogP contribution in [0.25, 0.3) is 0 Å². The van der Waals surface area contributed by atoms with Gasteiger partial charge >= 0.3 is 0 Å². The fourth-order valence-corrected chi connectivity index (χ4v) is 4.64. The highest BCUT2D eigenvalue weighted by atomic mass is 32.2. The van der Waals surface area contributed by atoms with Gasteiger partial charge in [-0.25, -0.2) is 17.2 Å². The summed E-state index contributed by atoms with van der Waals surface area (Å²) in [6.45, 7) is 1.26. The molecule has 0 spiro atoms. The van der Waals surface area contributed by atoms with Crippen LogP contribution in [0.15, 0.2) is 24.4 Å². The molecule has 2 aliphatic heterocycles. The summed E-state index contributed by atoms with van der Waals surface area (Å²) in [4.78, 5) is 2.08. The summed E-state index contributed by atoms with van der Waals surface area (Å²) in [5.74, 6) is -1.08. The van der Waals surface area contributed by atoms with E-state index in [4.69, 9.17) is 10.5 Å². The van der Waals surface area contributed by atoms with Crippen molar-refractivity contribution in [3.05, 3.63) is 52.9 Å². The maximum absolute atomic E-state index is 14.0. The number of benzene rings is 1. The highest BCUT2D eigenvalue weighted by molar-refractivity contribution is 7.89. The zero-order valence-electron chi connectivity index (χ0n) is 14.7. The van der Waals surface area contributed by atoms with E-state index < -0.39 is 33.8 Å². The predicted octanol–water partition coefficient (Wildman–Crippen LogP) is 1.14. The summed E-state index contributed by atoms with van der Waals surface area (Å²) in [7, 11) is -3.46. The van der Waals surface area contributed by atoms with Crippen LogP contribution < -0.4 is 5.73 Å². The quantitative estimate of drug-likeness (QED) is 0.834. The molecule has 10 heteroatoms. The standard InChI is InChI=1S/C17H20F2N4O3S/c1-27(24,25)23-16-8-22(7-10(16)6-21-23)12-5-15(20)17(26-9-12)13-4-11(18)2-3-14(13)19/h2-4,6,12,15,17H,5,7-9,20H2,1H3/t12-,15+,17-/m1/s1. The molecule has 1 fully saturated rings. The number of aromatic nitrogens is 2. The zero-order chi connectivity index (χ0) is 19.3. The first-order chi connectivity index (χ1) is 12.7. The monoisotopic (exact) mass is 398 g/mol. The number of halogens is 2. The summed E-state index contributed by atoms with van der Waals surface area (Å²) < 4.78 is 58.0. The molecule has 2 N–H and O–H groups in total. The minimum Gasteiger partial charge on any atom is -0.370 e. The van der Waals surface area contributed by atoms with E-state index in [9.17, 15) is 17.2 Å². The molecule has 0 saturated carbocycles. The third kappa shape index (κ3) is 3.38. The third-order valence-electron chi connectivity index (χ3n) is 5.14. The van der Waals surface area contributed by atoms with Crippen LogP contribution in [0.1, 0.15) is 29.3 Å². The van der Waals surface area contributed by atoms with Crippen molar-refractivity contribution in [2.45, 2.75) is 37.7 Å². The normalized spacial score (nSPS) is 26.3. The molecule has 0 unspecified atom stereocenters. The van der Waals surface area contributed by atoms with Gasteiger partial charge in [-0.3, -0.25) is 4.90 Å². The Balaban J connectivity index is 1.48. The molecule has 27 heavy (non-hydrogen) atoms. The van der Waals surface area contributed by atoms with Gasteiger partial charge in [0.2, 0.25) is 0 Å². The number of rotatable bonds is 3. The number of nitrogens with two attached hydrogens (primary N) is 1. The van der Waals surface area contributed by atoms with Crippen LogP contribution in [0.4, 0.5) is 8.78 Å². The molecule has 3 heterocycles.